The topological polar surface area (TPSA) is 120 Å². The summed E-state index contributed by atoms with van der Waals surface area (Å²) in [5.74, 6) is -3.75. The van der Waals surface area contributed by atoms with Gasteiger partial charge in [-0.25, -0.2) is 4.79 Å². The van der Waals surface area contributed by atoms with Crippen LogP contribution in [0.4, 0.5) is 13.2 Å². The molecule has 0 spiro atoms. The van der Waals surface area contributed by atoms with E-state index >= 15 is 0 Å². The SMILES string of the molecule is N#CC1(c2ccccc2COC2CC(C(=O)O)C2)CCNCC1.O=C(O)C(F)(F)F. The van der Waals surface area contributed by atoms with E-state index in [9.17, 15) is 23.2 Å². The molecular weight excluding hydrogens is 405 g/mol. The molecule has 10 heteroatoms. The van der Waals surface area contributed by atoms with E-state index in [4.69, 9.17) is 19.7 Å². The Kier molecular flexibility index (Phi) is 7.81. The number of hydrogen-bond donors (Lipinski definition) is 3. The molecule has 0 amide bonds. The number of rotatable bonds is 5. The molecule has 0 unspecified atom stereocenters. The smallest absolute Gasteiger partial charge is 0.481 e. The fourth-order valence-corrected chi connectivity index (χ4v) is 3.52. The molecular formula is C20H23F3N2O5. The van der Waals surface area contributed by atoms with Gasteiger partial charge in [-0.15, -0.1) is 0 Å². The van der Waals surface area contributed by atoms with Crippen LogP contribution in [0.15, 0.2) is 24.3 Å². The molecule has 30 heavy (non-hydrogen) atoms. The van der Waals surface area contributed by atoms with Crippen LogP contribution in [0, 0.1) is 17.2 Å². The van der Waals surface area contributed by atoms with Gasteiger partial charge in [-0.3, -0.25) is 4.79 Å². The number of halogens is 3. The molecule has 0 atom stereocenters. The highest BCUT2D eigenvalue weighted by Gasteiger charge is 2.39. The van der Waals surface area contributed by atoms with E-state index in [1.54, 1.807) is 0 Å². The maximum Gasteiger partial charge on any atom is 0.490 e. The quantitative estimate of drug-likeness (QED) is 0.660. The fourth-order valence-electron chi connectivity index (χ4n) is 3.52. The van der Waals surface area contributed by atoms with Crippen molar-refractivity contribution in [2.45, 2.75) is 50.0 Å². The number of hydrogen-bond acceptors (Lipinski definition) is 5. The first kappa shape index (κ1) is 23.6. The van der Waals surface area contributed by atoms with E-state index in [-0.39, 0.29) is 12.0 Å². The van der Waals surface area contributed by atoms with E-state index in [1.807, 2.05) is 24.3 Å². The summed E-state index contributed by atoms with van der Waals surface area (Å²) >= 11 is 0. The first-order valence-electron chi connectivity index (χ1n) is 9.44. The molecule has 2 aliphatic rings. The van der Waals surface area contributed by atoms with Crippen LogP contribution in [-0.4, -0.2) is 47.5 Å². The predicted octanol–water partition coefficient (Wildman–Crippen LogP) is 2.84. The average Bonchev–Trinajstić information content (AvgIpc) is 2.67. The van der Waals surface area contributed by atoms with Crippen molar-refractivity contribution in [1.82, 2.24) is 5.32 Å². The van der Waals surface area contributed by atoms with Crippen molar-refractivity contribution in [3.63, 3.8) is 0 Å². The summed E-state index contributed by atoms with van der Waals surface area (Å²) in [6.45, 7) is 2.15. The molecule has 3 N–H and O–H groups in total. The molecule has 0 radical (unpaired) electrons. The summed E-state index contributed by atoms with van der Waals surface area (Å²) in [4.78, 5) is 19.7. The van der Waals surface area contributed by atoms with Crippen LogP contribution in [0.1, 0.15) is 36.8 Å². The number of piperidine rings is 1. The van der Waals surface area contributed by atoms with Gasteiger partial charge in [0.1, 0.15) is 0 Å². The van der Waals surface area contributed by atoms with Gasteiger partial charge in [0, 0.05) is 0 Å². The summed E-state index contributed by atoms with van der Waals surface area (Å²) in [6.07, 6.45) is -2.26. The van der Waals surface area contributed by atoms with Crippen LogP contribution in [0.2, 0.25) is 0 Å². The summed E-state index contributed by atoms with van der Waals surface area (Å²) in [7, 11) is 0. The van der Waals surface area contributed by atoms with Crippen LogP contribution in [-0.2, 0) is 26.3 Å². The molecule has 1 heterocycles. The number of ether oxygens (including phenoxy) is 1. The third-order valence-corrected chi connectivity index (χ3v) is 5.37. The molecule has 0 bridgehead atoms. The lowest BCUT2D eigenvalue weighted by molar-refractivity contribution is -0.192. The molecule has 1 saturated heterocycles. The van der Waals surface area contributed by atoms with E-state index in [1.165, 1.54) is 0 Å². The van der Waals surface area contributed by atoms with Crippen molar-refractivity contribution in [2.24, 2.45) is 5.92 Å². The molecule has 2 fully saturated rings. The van der Waals surface area contributed by atoms with Gasteiger partial charge >= 0.3 is 18.1 Å². The summed E-state index contributed by atoms with van der Waals surface area (Å²) in [5.41, 5.74) is 1.68. The molecule has 164 valence electrons. The number of carboxylic acid groups (broad SMARTS) is 2. The Balaban J connectivity index is 0.000000396. The molecule has 1 aromatic rings. The zero-order chi connectivity index (χ0) is 22.4. The molecule has 7 nitrogen and oxygen atoms in total. The van der Waals surface area contributed by atoms with Crippen LogP contribution in [0.5, 0.6) is 0 Å². The number of alkyl halides is 3. The maximum atomic E-state index is 10.8. The standard InChI is InChI=1S/C18H22N2O3.C2HF3O2/c19-12-18(5-7-20-8-6-18)16-4-2-1-3-13(16)11-23-15-9-14(10-15)17(21)22;3-2(4,5)1(6)7/h1-4,14-15,20H,5-11H2,(H,21,22);(H,6,7). The number of carboxylic acids is 2. The highest BCUT2D eigenvalue weighted by molar-refractivity contribution is 5.73. The first-order valence-corrected chi connectivity index (χ1v) is 9.44. The van der Waals surface area contributed by atoms with Crippen molar-refractivity contribution in [1.29, 1.82) is 5.26 Å². The minimum absolute atomic E-state index is 0.0233. The number of nitrogens with zero attached hydrogens (tertiary/aromatic N) is 1. The highest BCUT2D eigenvalue weighted by Crippen LogP contribution is 2.36. The summed E-state index contributed by atoms with van der Waals surface area (Å²) in [6, 6.07) is 10.5. The summed E-state index contributed by atoms with van der Waals surface area (Å²) < 4.78 is 37.6. The Morgan fingerprint density at radius 3 is 2.27 bits per heavy atom. The van der Waals surface area contributed by atoms with Gasteiger partial charge in [0.25, 0.3) is 0 Å². The Morgan fingerprint density at radius 2 is 1.77 bits per heavy atom. The number of nitriles is 1. The van der Waals surface area contributed by atoms with Crippen molar-refractivity contribution >= 4 is 11.9 Å². The lowest BCUT2D eigenvalue weighted by Crippen LogP contribution is -2.40. The predicted molar refractivity (Wildman–Crippen MR) is 98.5 cm³/mol. The second-order valence-electron chi connectivity index (χ2n) is 7.34. The average molecular weight is 428 g/mol. The van der Waals surface area contributed by atoms with Crippen molar-refractivity contribution in [2.75, 3.05) is 13.1 Å². The van der Waals surface area contributed by atoms with Gasteiger partial charge in [-0.1, -0.05) is 24.3 Å². The van der Waals surface area contributed by atoms with Gasteiger partial charge in [-0.05, 0) is 49.9 Å². The van der Waals surface area contributed by atoms with Crippen molar-refractivity contribution < 1.29 is 37.7 Å². The second kappa shape index (κ2) is 9.91. The van der Waals surface area contributed by atoms with Gasteiger partial charge in [-0.2, -0.15) is 18.4 Å². The van der Waals surface area contributed by atoms with Gasteiger partial charge in [0.05, 0.1) is 30.1 Å². The molecule has 1 aliphatic heterocycles. The van der Waals surface area contributed by atoms with Crippen LogP contribution in [0.3, 0.4) is 0 Å². The third kappa shape index (κ3) is 5.93. The zero-order valence-electron chi connectivity index (χ0n) is 16.1. The monoisotopic (exact) mass is 428 g/mol. The van der Waals surface area contributed by atoms with Crippen LogP contribution >= 0.6 is 0 Å². The third-order valence-electron chi connectivity index (χ3n) is 5.37. The molecule has 1 aliphatic carbocycles. The van der Waals surface area contributed by atoms with Crippen LogP contribution < -0.4 is 5.32 Å². The normalized spacial score (nSPS) is 22.6. The fraction of sp³-hybridized carbons (Fsp3) is 0.550. The van der Waals surface area contributed by atoms with Crippen molar-refractivity contribution in [3.05, 3.63) is 35.4 Å². The molecule has 0 aromatic heterocycles. The summed E-state index contributed by atoms with van der Waals surface area (Å²) in [5, 5.41) is 29.1. The second-order valence-corrected chi connectivity index (χ2v) is 7.34. The van der Waals surface area contributed by atoms with Gasteiger partial charge < -0.3 is 20.3 Å². The van der Waals surface area contributed by atoms with E-state index in [2.05, 4.69) is 11.4 Å². The van der Waals surface area contributed by atoms with Crippen LogP contribution in [0.25, 0.3) is 0 Å². The lowest BCUT2D eigenvalue weighted by Gasteiger charge is -2.35. The Hall–Kier alpha value is -2.64. The Bertz CT molecular complexity index is 794. The van der Waals surface area contributed by atoms with Gasteiger partial charge in [0.15, 0.2) is 0 Å². The zero-order valence-corrected chi connectivity index (χ0v) is 16.1. The maximum absolute atomic E-state index is 10.8. The highest BCUT2D eigenvalue weighted by atomic mass is 19.4. The first-order chi connectivity index (χ1) is 14.1. The largest absolute Gasteiger partial charge is 0.490 e. The molecule has 1 saturated carbocycles. The minimum atomic E-state index is -5.08. The lowest BCUT2D eigenvalue weighted by atomic mass is 9.73. The molecule has 1 aromatic carbocycles. The Morgan fingerprint density at radius 1 is 1.20 bits per heavy atom. The number of benzene rings is 1. The van der Waals surface area contributed by atoms with E-state index < -0.39 is 23.5 Å². The number of nitrogens with one attached hydrogen (secondary N) is 1. The molecule has 3 rings (SSSR count). The number of carbonyl (C=O) groups is 2. The Labute approximate surface area is 171 Å². The van der Waals surface area contributed by atoms with Gasteiger partial charge in [0.2, 0.25) is 0 Å². The van der Waals surface area contributed by atoms with E-state index in [0.717, 1.165) is 37.1 Å². The minimum Gasteiger partial charge on any atom is -0.481 e. The van der Waals surface area contributed by atoms with Crippen molar-refractivity contribution in [3.8, 4) is 6.07 Å². The van der Waals surface area contributed by atoms with E-state index in [0.29, 0.717) is 19.4 Å². The number of aliphatic carboxylic acids is 2.